The van der Waals surface area contributed by atoms with E-state index in [-0.39, 0.29) is 0 Å². The van der Waals surface area contributed by atoms with Crippen molar-refractivity contribution in [2.75, 3.05) is 0 Å². The van der Waals surface area contributed by atoms with Crippen molar-refractivity contribution in [2.45, 2.75) is 26.2 Å². The SMILES string of the molecule is C#CCCCc1cccc2[nH]c(C)nc12. The summed E-state index contributed by atoms with van der Waals surface area (Å²) in [6.45, 7) is 1.98. The molecular formula is C13H14N2. The zero-order valence-electron chi connectivity index (χ0n) is 8.88. The molecule has 2 aromatic rings. The van der Waals surface area contributed by atoms with E-state index in [1.54, 1.807) is 0 Å². The van der Waals surface area contributed by atoms with Gasteiger partial charge in [-0.1, -0.05) is 12.1 Å². The second-order valence-electron chi connectivity index (χ2n) is 3.69. The van der Waals surface area contributed by atoms with Gasteiger partial charge in [0.25, 0.3) is 0 Å². The van der Waals surface area contributed by atoms with Crippen LogP contribution in [0.5, 0.6) is 0 Å². The second-order valence-corrected chi connectivity index (χ2v) is 3.69. The molecule has 0 aliphatic carbocycles. The Kier molecular flexibility index (Phi) is 2.73. The van der Waals surface area contributed by atoms with Gasteiger partial charge in [0.1, 0.15) is 5.82 Å². The normalized spacial score (nSPS) is 10.4. The maximum Gasteiger partial charge on any atom is 0.104 e. The third-order valence-corrected chi connectivity index (χ3v) is 2.48. The highest BCUT2D eigenvalue weighted by Crippen LogP contribution is 2.17. The minimum atomic E-state index is 0.833. The largest absolute Gasteiger partial charge is 0.342 e. The number of nitrogens with zero attached hydrogens (tertiary/aromatic N) is 1. The van der Waals surface area contributed by atoms with Crippen LogP contribution in [0.2, 0.25) is 0 Å². The molecule has 0 saturated heterocycles. The smallest absolute Gasteiger partial charge is 0.104 e. The summed E-state index contributed by atoms with van der Waals surface area (Å²) >= 11 is 0. The van der Waals surface area contributed by atoms with Crippen LogP contribution in [0.25, 0.3) is 11.0 Å². The molecule has 0 fully saturated rings. The molecule has 0 atom stereocenters. The lowest BCUT2D eigenvalue weighted by atomic mass is 10.1. The van der Waals surface area contributed by atoms with Gasteiger partial charge in [-0.25, -0.2) is 4.98 Å². The summed E-state index contributed by atoms with van der Waals surface area (Å²) in [5.74, 6) is 3.63. The molecule has 0 amide bonds. The molecule has 76 valence electrons. The molecule has 0 aliphatic heterocycles. The number of hydrogen-bond donors (Lipinski definition) is 1. The van der Waals surface area contributed by atoms with Gasteiger partial charge < -0.3 is 4.98 Å². The number of aromatic amines is 1. The molecule has 0 radical (unpaired) electrons. The molecule has 0 saturated carbocycles. The number of para-hydroxylation sites is 1. The number of nitrogens with one attached hydrogen (secondary N) is 1. The minimum Gasteiger partial charge on any atom is -0.342 e. The number of unbranched alkanes of at least 4 members (excludes halogenated alkanes) is 1. The summed E-state index contributed by atoms with van der Waals surface area (Å²) in [7, 11) is 0. The molecule has 1 aromatic heterocycles. The Morgan fingerprint density at radius 1 is 1.47 bits per heavy atom. The molecule has 0 bridgehead atoms. The summed E-state index contributed by atoms with van der Waals surface area (Å²) in [5, 5.41) is 0. The zero-order chi connectivity index (χ0) is 10.7. The lowest BCUT2D eigenvalue weighted by Gasteiger charge is -1.99. The number of hydrogen-bond acceptors (Lipinski definition) is 1. The van der Waals surface area contributed by atoms with Crippen LogP contribution < -0.4 is 0 Å². The van der Waals surface area contributed by atoms with E-state index in [4.69, 9.17) is 6.42 Å². The van der Waals surface area contributed by atoms with Gasteiger partial charge in [-0.15, -0.1) is 12.3 Å². The van der Waals surface area contributed by atoms with Crippen LogP contribution in [0.1, 0.15) is 24.2 Å². The topological polar surface area (TPSA) is 28.7 Å². The fourth-order valence-electron chi connectivity index (χ4n) is 1.80. The Labute approximate surface area is 89.7 Å². The number of aryl methyl sites for hydroxylation is 2. The lowest BCUT2D eigenvalue weighted by molar-refractivity contribution is 0.862. The maximum atomic E-state index is 5.24. The van der Waals surface area contributed by atoms with Crippen molar-refractivity contribution in [2.24, 2.45) is 0 Å². The Hall–Kier alpha value is -1.75. The molecule has 15 heavy (non-hydrogen) atoms. The highest BCUT2D eigenvalue weighted by atomic mass is 14.9. The highest BCUT2D eigenvalue weighted by Gasteiger charge is 2.04. The van der Waals surface area contributed by atoms with E-state index in [0.717, 1.165) is 36.1 Å². The van der Waals surface area contributed by atoms with Crippen molar-refractivity contribution >= 4 is 11.0 Å². The summed E-state index contributed by atoms with van der Waals surface area (Å²) in [6.07, 6.45) is 8.11. The van der Waals surface area contributed by atoms with Crippen LogP contribution in [0.3, 0.4) is 0 Å². The third kappa shape index (κ3) is 2.02. The molecule has 1 aromatic carbocycles. The molecule has 2 heteroatoms. The molecule has 0 spiro atoms. The molecule has 2 nitrogen and oxygen atoms in total. The number of imidazole rings is 1. The first-order chi connectivity index (χ1) is 7.31. The maximum absolute atomic E-state index is 5.24. The van der Waals surface area contributed by atoms with Gasteiger partial charge in [0.2, 0.25) is 0 Å². The van der Waals surface area contributed by atoms with Gasteiger partial charge in [-0.3, -0.25) is 0 Å². The summed E-state index contributed by atoms with van der Waals surface area (Å²) in [4.78, 5) is 7.72. The number of H-pyrrole nitrogens is 1. The monoisotopic (exact) mass is 198 g/mol. The zero-order valence-corrected chi connectivity index (χ0v) is 8.88. The predicted octanol–water partition coefficient (Wildman–Crippen LogP) is 2.83. The van der Waals surface area contributed by atoms with Gasteiger partial charge in [0.15, 0.2) is 0 Å². The van der Waals surface area contributed by atoms with E-state index in [1.165, 1.54) is 5.56 Å². The van der Waals surface area contributed by atoms with Gasteiger partial charge >= 0.3 is 0 Å². The van der Waals surface area contributed by atoms with Gasteiger partial charge in [0, 0.05) is 6.42 Å². The van der Waals surface area contributed by atoms with Gasteiger partial charge in [-0.05, 0) is 31.4 Å². The summed E-state index contributed by atoms with van der Waals surface area (Å²) in [5.41, 5.74) is 3.49. The van der Waals surface area contributed by atoms with Crippen LogP contribution in [-0.4, -0.2) is 9.97 Å². The Morgan fingerprint density at radius 2 is 2.33 bits per heavy atom. The van der Waals surface area contributed by atoms with Crippen molar-refractivity contribution < 1.29 is 0 Å². The second kappa shape index (κ2) is 4.18. The van der Waals surface area contributed by atoms with Crippen molar-refractivity contribution in [1.29, 1.82) is 0 Å². The number of aromatic nitrogens is 2. The Balaban J connectivity index is 2.30. The standard InChI is InChI=1S/C13H14N2/c1-3-4-5-7-11-8-6-9-12-13(11)15-10(2)14-12/h1,6,8-9H,4-5,7H2,2H3,(H,14,15). The van der Waals surface area contributed by atoms with Crippen LogP contribution in [0, 0.1) is 19.3 Å². The van der Waals surface area contributed by atoms with Crippen LogP contribution in [0.4, 0.5) is 0 Å². The lowest BCUT2D eigenvalue weighted by Crippen LogP contribution is -1.86. The Morgan fingerprint density at radius 3 is 3.13 bits per heavy atom. The van der Waals surface area contributed by atoms with E-state index in [9.17, 15) is 0 Å². The average Bonchev–Trinajstić information content (AvgIpc) is 2.59. The molecule has 1 heterocycles. The molecule has 0 unspecified atom stereocenters. The molecular weight excluding hydrogens is 184 g/mol. The van der Waals surface area contributed by atoms with Crippen LogP contribution in [-0.2, 0) is 6.42 Å². The van der Waals surface area contributed by atoms with Crippen molar-refractivity contribution in [3.63, 3.8) is 0 Å². The quantitative estimate of drug-likeness (QED) is 0.596. The molecule has 0 aliphatic rings. The van der Waals surface area contributed by atoms with Gasteiger partial charge in [-0.2, -0.15) is 0 Å². The van der Waals surface area contributed by atoms with Crippen molar-refractivity contribution in [1.82, 2.24) is 9.97 Å². The van der Waals surface area contributed by atoms with E-state index >= 15 is 0 Å². The fraction of sp³-hybridized carbons (Fsp3) is 0.308. The highest BCUT2D eigenvalue weighted by molar-refractivity contribution is 5.78. The molecule has 1 N–H and O–H groups in total. The minimum absolute atomic E-state index is 0.833. The summed E-state index contributed by atoms with van der Waals surface area (Å²) in [6, 6.07) is 6.24. The van der Waals surface area contributed by atoms with Crippen molar-refractivity contribution in [3.8, 4) is 12.3 Å². The first-order valence-electron chi connectivity index (χ1n) is 5.19. The summed E-state index contributed by atoms with van der Waals surface area (Å²) < 4.78 is 0. The molecule has 2 rings (SSSR count). The van der Waals surface area contributed by atoms with E-state index in [1.807, 2.05) is 6.92 Å². The van der Waals surface area contributed by atoms with Crippen LogP contribution >= 0.6 is 0 Å². The number of fused-ring (bicyclic) bond motifs is 1. The first kappa shape index (κ1) is 9.79. The Bertz CT molecular complexity index is 503. The number of rotatable bonds is 3. The average molecular weight is 198 g/mol. The number of terminal acetylenes is 1. The third-order valence-electron chi connectivity index (χ3n) is 2.48. The van der Waals surface area contributed by atoms with E-state index in [2.05, 4.69) is 34.1 Å². The van der Waals surface area contributed by atoms with E-state index in [0.29, 0.717) is 0 Å². The fourth-order valence-corrected chi connectivity index (χ4v) is 1.80. The predicted molar refractivity (Wildman–Crippen MR) is 62.6 cm³/mol. The van der Waals surface area contributed by atoms with Gasteiger partial charge in [0.05, 0.1) is 11.0 Å². The van der Waals surface area contributed by atoms with Crippen molar-refractivity contribution in [3.05, 3.63) is 29.6 Å². The van der Waals surface area contributed by atoms with E-state index < -0.39 is 0 Å². The number of benzene rings is 1. The first-order valence-corrected chi connectivity index (χ1v) is 5.19. The van der Waals surface area contributed by atoms with Crippen LogP contribution in [0.15, 0.2) is 18.2 Å².